The second kappa shape index (κ2) is 10.6. The molecule has 0 aromatic heterocycles. The largest absolute Gasteiger partial charge is 0.366 e. The number of ether oxygens (including phenoxy) is 1. The van der Waals surface area contributed by atoms with Crippen molar-refractivity contribution < 1.29 is 14.3 Å². The number of likely N-dealkylation sites (tertiary alicyclic amines) is 2. The molecular formula is C25H35N3O3. The maximum atomic E-state index is 13.1. The molecule has 31 heavy (non-hydrogen) atoms. The number of amides is 3. The van der Waals surface area contributed by atoms with E-state index in [9.17, 15) is 9.59 Å². The normalized spacial score (nSPS) is 26.2. The van der Waals surface area contributed by atoms with E-state index < -0.39 is 0 Å². The lowest BCUT2D eigenvalue weighted by atomic mass is 9.76. The maximum absolute atomic E-state index is 13.1. The van der Waals surface area contributed by atoms with Gasteiger partial charge in [0, 0.05) is 32.1 Å². The standard InChI is InChI=1S/C25H35N3O3/c1-5-7-9-19(8-6-2)24(18(3)4)20-10-13-27(14-11-20)25(30)28-15-12-22-21(16-28)26-23(29)17-31-22/h5-9,20-22,24H,1-3,10-17H2,4H3,(H,26,29)/b9-7-,19-8+. The zero-order valence-corrected chi connectivity index (χ0v) is 18.6. The Morgan fingerprint density at radius 1 is 1.16 bits per heavy atom. The molecule has 0 spiro atoms. The van der Waals surface area contributed by atoms with E-state index >= 15 is 0 Å². The lowest BCUT2D eigenvalue weighted by Gasteiger charge is -2.44. The summed E-state index contributed by atoms with van der Waals surface area (Å²) in [5, 5.41) is 2.97. The van der Waals surface area contributed by atoms with Crippen molar-refractivity contribution in [3.05, 3.63) is 61.3 Å². The Morgan fingerprint density at radius 2 is 1.87 bits per heavy atom. The van der Waals surface area contributed by atoms with E-state index in [2.05, 4.69) is 38.1 Å². The molecule has 3 aliphatic rings. The topological polar surface area (TPSA) is 61.9 Å². The molecule has 3 rings (SSSR count). The molecule has 3 fully saturated rings. The van der Waals surface area contributed by atoms with Crippen LogP contribution in [0.15, 0.2) is 61.3 Å². The summed E-state index contributed by atoms with van der Waals surface area (Å²) < 4.78 is 5.60. The first kappa shape index (κ1) is 23.1. The van der Waals surface area contributed by atoms with Gasteiger partial charge in [-0.25, -0.2) is 4.79 Å². The van der Waals surface area contributed by atoms with Gasteiger partial charge in [-0.15, -0.1) is 0 Å². The Balaban J connectivity index is 1.60. The fourth-order valence-corrected chi connectivity index (χ4v) is 5.03. The van der Waals surface area contributed by atoms with Crippen molar-refractivity contribution in [2.75, 3.05) is 32.8 Å². The highest BCUT2D eigenvalue weighted by atomic mass is 16.5. The highest BCUT2D eigenvalue weighted by Crippen LogP contribution is 2.35. The molecule has 3 aliphatic heterocycles. The Kier molecular flexibility index (Phi) is 7.91. The van der Waals surface area contributed by atoms with Crippen LogP contribution in [-0.4, -0.2) is 66.7 Å². The molecular weight excluding hydrogens is 390 g/mol. The van der Waals surface area contributed by atoms with Gasteiger partial charge < -0.3 is 19.9 Å². The van der Waals surface area contributed by atoms with Crippen molar-refractivity contribution in [1.29, 1.82) is 0 Å². The highest BCUT2D eigenvalue weighted by Gasteiger charge is 2.38. The molecule has 3 amide bonds. The number of allylic oxidation sites excluding steroid dienone is 7. The summed E-state index contributed by atoms with van der Waals surface area (Å²) >= 11 is 0. The van der Waals surface area contributed by atoms with E-state index in [1.54, 1.807) is 6.08 Å². The second-order valence-electron chi connectivity index (χ2n) is 8.69. The molecule has 3 unspecified atom stereocenters. The average molecular weight is 426 g/mol. The van der Waals surface area contributed by atoms with Gasteiger partial charge in [-0.3, -0.25) is 4.79 Å². The predicted octanol–water partition coefficient (Wildman–Crippen LogP) is 3.45. The summed E-state index contributed by atoms with van der Waals surface area (Å²) in [5.74, 6) is 0.562. The van der Waals surface area contributed by atoms with Crippen LogP contribution in [0.4, 0.5) is 4.79 Å². The van der Waals surface area contributed by atoms with Gasteiger partial charge in [0.25, 0.3) is 0 Å². The Hall–Kier alpha value is -2.60. The van der Waals surface area contributed by atoms with Crippen LogP contribution in [0.25, 0.3) is 0 Å². The molecule has 0 aromatic rings. The van der Waals surface area contributed by atoms with Gasteiger partial charge in [-0.1, -0.05) is 55.7 Å². The van der Waals surface area contributed by atoms with E-state index in [0.717, 1.165) is 37.9 Å². The zero-order chi connectivity index (χ0) is 22.4. The number of carbonyl (C=O) groups excluding carboxylic acids is 2. The minimum absolute atomic E-state index is 0.0162. The third-order valence-corrected chi connectivity index (χ3v) is 6.50. The summed E-state index contributed by atoms with van der Waals surface area (Å²) in [6.07, 6.45) is 12.3. The molecule has 0 saturated carbocycles. The quantitative estimate of drug-likeness (QED) is 0.524. The summed E-state index contributed by atoms with van der Waals surface area (Å²) in [7, 11) is 0. The van der Waals surface area contributed by atoms with E-state index in [4.69, 9.17) is 4.74 Å². The molecule has 1 N–H and O–H groups in total. The van der Waals surface area contributed by atoms with Crippen LogP contribution in [-0.2, 0) is 9.53 Å². The van der Waals surface area contributed by atoms with Gasteiger partial charge in [0.2, 0.25) is 5.91 Å². The molecule has 3 atom stereocenters. The third-order valence-electron chi connectivity index (χ3n) is 6.50. The van der Waals surface area contributed by atoms with Crippen molar-refractivity contribution in [2.45, 2.75) is 38.3 Å². The SMILES string of the molecule is C=C/C=C\C(=C/C=C)C(C(=C)C)C1CCN(C(=O)N2CCC3OCC(=O)NC3C2)CC1. The van der Waals surface area contributed by atoms with Crippen LogP contribution in [0.3, 0.4) is 0 Å². The molecule has 6 heteroatoms. The Bertz CT molecular complexity index is 777. The van der Waals surface area contributed by atoms with Gasteiger partial charge in [-0.2, -0.15) is 0 Å². The minimum atomic E-state index is -0.104. The lowest BCUT2D eigenvalue weighted by Crippen LogP contribution is -2.62. The molecule has 6 nitrogen and oxygen atoms in total. The number of morpholine rings is 1. The van der Waals surface area contributed by atoms with Crippen LogP contribution < -0.4 is 5.32 Å². The van der Waals surface area contributed by atoms with Gasteiger partial charge >= 0.3 is 6.03 Å². The number of rotatable bonds is 6. The molecule has 0 bridgehead atoms. The van der Waals surface area contributed by atoms with Crippen molar-refractivity contribution in [2.24, 2.45) is 11.8 Å². The summed E-state index contributed by atoms with van der Waals surface area (Å²) in [5.41, 5.74) is 2.31. The van der Waals surface area contributed by atoms with Gasteiger partial charge in [0.15, 0.2) is 0 Å². The van der Waals surface area contributed by atoms with Gasteiger partial charge in [-0.05, 0) is 37.7 Å². The van der Waals surface area contributed by atoms with Crippen LogP contribution >= 0.6 is 0 Å². The van der Waals surface area contributed by atoms with Gasteiger partial charge in [0.1, 0.15) is 6.61 Å². The second-order valence-corrected chi connectivity index (χ2v) is 8.69. The first-order chi connectivity index (χ1) is 14.9. The predicted molar refractivity (Wildman–Crippen MR) is 123 cm³/mol. The number of piperidine rings is 2. The number of hydrogen-bond donors (Lipinski definition) is 1. The third kappa shape index (κ3) is 5.56. The monoisotopic (exact) mass is 425 g/mol. The number of fused-ring (bicyclic) bond motifs is 1. The summed E-state index contributed by atoms with van der Waals surface area (Å²) in [6, 6.07) is -0.0375. The zero-order valence-electron chi connectivity index (χ0n) is 18.6. The van der Waals surface area contributed by atoms with Gasteiger partial charge in [0.05, 0.1) is 12.1 Å². The lowest BCUT2D eigenvalue weighted by molar-refractivity contribution is -0.139. The van der Waals surface area contributed by atoms with Crippen molar-refractivity contribution in [3.63, 3.8) is 0 Å². The average Bonchev–Trinajstić information content (AvgIpc) is 2.77. The molecule has 3 heterocycles. The first-order valence-electron chi connectivity index (χ1n) is 11.2. The molecule has 0 radical (unpaired) electrons. The summed E-state index contributed by atoms with van der Waals surface area (Å²) in [4.78, 5) is 28.6. The van der Waals surface area contributed by atoms with Crippen molar-refractivity contribution in [1.82, 2.24) is 15.1 Å². The fraction of sp³-hybridized carbons (Fsp3) is 0.520. The number of carbonyl (C=O) groups is 2. The highest BCUT2D eigenvalue weighted by molar-refractivity contribution is 5.79. The fourth-order valence-electron chi connectivity index (χ4n) is 5.03. The minimum Gasteiger partial charge on any atom is -0.366 e. The smallest absolute Gasteiger partial charge is 0.320 e. The molecule has 3 saturated heterocycles. The number of urea groups is 1. The maximum Gasteiger partial charge on any atom is 0.320 e. The molecule has 0 aromatic carbocycles. The number of nitrogens with one attached hydrogen (secondary N) is 1. The number of nitrogens with zero attached hydrogens (tertiary/aromatic N) is 2. The first-order valence-corrected chi connectivity index (χ1v) is 11.2. The Morgan fingerprint density at radius 3 is 2.52 bits per heavy atom. The van der Waals surface area contributed by atoms with Crippen LogP contribution in [0.2, 0.25) is 0 Å². The van der Waals surface area contributed by atoms with E-state index in [0.29, 0.717) is 19.0 Å². The molecule has 168 valence electrons. The van der Waals surface area contributed by atoms with Crippen LogP contribution in [0.5, 0.6) is 0 Å². The summed E-state index contributed by atoms with van der Waals surface area (Å²) in [6.45, 7) is 16.7. The Labute approximate surface area is 186 Å². The molecule has 0 aliphatic carbocycles. The van der Waals surface area contributed by atoms with E-state index in [-0.39, 0.29) is 36.6 Å². The van der Waals surface area contributed by atoms with E-state index in [1.807, 2.05) is 28.0 Å². The van der Waals surface area contributed by atoms with Crippen LogP contribution in [0, 0.1) is 11.8 Å². The van der Waals surface area contributed by atoms with E-state index in [1.165, 1.54) is 5.57 Å². The number of hydrogen-bond acceptors (Lipinski definition) is 3. The van der Waals surface area contributed by atoms with Crippen molar-refractivity contribution in [3.8, 4) is 0 Å². The van der Waals surface area contributed by atoms with Crippen LogP contribution in [0.1, 0.15) is 26.2 Å². The van der Waals surface area contributed by atoms with Crippen molar-refractivity contribution >= 4 is 11.9 Å².